The fourth-order valence-electron chi connectivity index (χ4n) is 3.64. The van der Waals surface area contributed by atoms with Gasteiger partial charge in [-0.05, 0) is 37.5 Å². The number of piperidine rings is 1. The van der Waals surface area contributed by atoms with Crippen LogP contribution in [-0.4, -0.2) is 57.3 Å². The maximum atomic E-state index is 12.9. The van der Waals surface area contributed by atoms with E-state index in [1.54, 1.807) is 18.0 Å². The molecule has 0 aromatic heterocycles. The van der Waals surface area contributed by atoms with Crippen LogP contribution in [0.5, 0.6) is 5.75 Å². The zero-order valence-electron chi connectivity index (χ0n) is 13.8. The molecule has 1 amide bonds. The van der Waals surface area contributed by atoms with Gasteiger partial charge in [-0.1, -0.05) is 11.6 Å². The van der Waals surface area contributed by atoms with Crippen LogP contribution in [0.2, 0.25) is 5.02 Å². The van der Waals surface area contributed by atoms with Crippen molar-refractivity contribution < 1.29 is 17.9 Å². The van der Waals surface area contributed by atoms with Crippen LogP contribution in [0.25, 0.3) is 0 Å². The van der Waals surface area contributed by atoms with Crippen LogP contribution < -0.4 is 4.74 Å². The molecule has 0 saturated carbocycles. The average molecular weight is 373 g/mol. The van der Waals surface area contributed by atoms with Gasteiger partial charge in [0, 0.05) is 26.7 Å². The third-order valence-electron chi connectivity index (χ3n) is 5.03. The Bertz CT molecular complexity index is 767. The smallest absolute Gasteiger partial charge is 0.243 e. The Labute approximate surface area is 147 Å². The molecule has 0 bridgehead atoms. The van der Waals surface area contributed by atoms with Gasteiger partial charge in [0.1, 0.15) is 5.75 Å². The highest BCUT2D eigenvalue weighted by atomic mass is 35.5. The molecule has 1 aromatic carbocycles. The van der Waals surface area contributed by atoms with Gasteiger partial charge in [-0.25, -0.2) is 8.42 Å². The minimum Gasteiger partial charge on any atom is -0.495 e. The molecule has 8 heteroatoms. The highest BCUT2D eigenvalue weighted by Crippen LogP contribution is 2.41. The predicted molar refractivity (Wildman–Crippen MR) is 90.7 cm³/mol. The molecule has 2 saturated heterocycles. The SMILES string of the molecule is COc1ccc(S(=O)(=O)N2CC[C@]3(CCCN(C)C3=O)C2)cc1Cl. The Kier molecular flexibility index (Phi) is 4.53. The summed E-state index contributed by atoms with van der Waals surface area (Å²) in [6.07, 6.45) is 2.22. The summed E-state index contributed by atoms with van der Waals surface area (Å²) in [4.78, 5) is 14.4. The number of rotatable bonds is 3. The molecule has 132 valence electrons. The van der Waals surface area contributed by atoms with E-state index < -0.39 is 15.4 Å². The van der Waals surface area contributed by atoms with Crippen LogP contribution in [0.15, 0.2) is 23.1 Å². The van der Waals surface area contributed by atoms with Crippen molar-refractivity contribution >= 4 is 27.5 Å². The van der Waals surface area contributed by atoms with Crippen LogP contribution in [0.1, 0.15) is 19.3 Å². The molecule has 24 heavy (non-hydrogen) atoms. The van der Waals surface area contributed by atoms with E-state index >= 15 is 0 Å². The van der Waals surface area contributed by atoms with Crippen LogP contribution in [0, 0.1) is 5.41 Å². The van der Waals surface area contributed by atoms with Crippen LogP contribution >= 0.6 is 11.6 Å². The number of ether oxygens (including phenoxy) is 1. The second kappa shape index (κ2) is 6.20. The maximum Gasteiger partial charge on any atom is 0.243 e. The highest BCUT2D eigenvalue weighted by molar-refractivity contribution is 7.89. The van der Waals surface area contributed by atoms with Crippen molar-refractivity contribution in [2.24, 2.45) is 5.41 Å². The highest BCUT2D eigenvalue weighted by Gasteiger charge is 2.50. The van der Waals surface area contributed by atoms with Crippen molar-refractivity contribution in [2.45, 2.75) is 24.2 Å². The number of likely N-dealkylation sites (tertiary alicyclic amines) is 1. The van der Waals surface area contributed by atoms with Gasteiger partial charge in [0.25, 0.3) is 0 Å². The number of methoxy groups -OCH3 is 1. The van der Waals surface area contributed by atoms with Gasteiger partial charge in [0.05, 0.1) is 22.4 Å². The lowest BCUT2D eigenvalue weighted by molar-refractivity contribution is -0.143. The van der Waals surface area contributed by atoms with Crippen molar-refractivity contribution in [3.8, 4) is 5.75 Å². The molecule has 2 aliphatic heterocycles. The predicted octanol–water partition coefficient (Wildman–Crippen LogP) is 1.98. The molecule has 2 heterocycles. The molecule has 1 spiro atoms. The summed E-state index contributed by atoms with van der Waals surface area (Å²) < 4.78 is 32.3. The molecule has 0 N–H and O–H groups in total. The quantitative estimate of drug-likeness (QED) is 0.813. The second-order valence-electron chi connectivity index (χ2n) is 6.50. The minimum absolute atomic E-state index is 0.0548. The molecule has 0 aliphatic carbocycles. The molecule has 2 fully saturated rings. The Morgan fingerprint density at radius 2 is 2.00 bits per heavy atom. The summed E-state index contributed by atoms with van der Waals surface area (Å²) in [5.41, 5.74) is -0.573. The third-order valence-corrected chi connectivity index (χ3v) is 7.17. The van der Waals surface area contributed by atoms with E-state index in [0.29, 0.717) is 18.7 Å². The number of hydrogen-bond acceptors (Lipinski definition) is 4. The molecule has 1 atom stereocenters. The zero-order chi connectivity index (χ0) is 17.5. The Morgan fingerprint density at radius 3 is 2.67 bits per heavy atom. The summed E-state index contributed by atoms with van der Waals surface area (Å²) in [7, 11) is -0.421. The number of amides is 1. The Balaban J connectivity index is 1.87. The minimum atomic E-state index is -3.68. The number of nitrogens with zero attached hydrogens (tertiary/aromatic N) is 2. The van der Waals surface area contributed by atoms with E-state index in [-0.39, 0.29) is 22.4 Å². The lowest BCUT2D eigenvalue weighted by atomic mass is 9.78. The third kappa shape index (κ3) is 2.78. The van der Waals surface area contributed by atoms with E-state index in [9.17, 15) is 13.2 Å². The summed E-state index contributed by atoms with van der Waals surface area (Å²) in [5, 5.41) is 0.251. The van der Waals surface area contributed by atoms with Gasteiger partial charge >= 0.3 is 0 Å². The molecular weight excluding hydrogens is 352 g/mol. The Morgan fingerprint density at radius 1 is 1.25 bits per heavy atom. The van der Waals surface area contributed by atoms with Gasteiger partial charge < -0.3 is 9.64 Å². The largest absolute Gasteiger partial charge is 0.495 e. The van der Waals surface area contributed by atoms with E-state index in [0.717, 1.165) is 19.4 Å². The van der Waals surface area contributed by atoms with Crippen LogP contribution in [-0.2, 0) is 14.8 Å². The maximum absolute atomic E-state index is 12.9. The lowest BCUT2D eigenvalue weighted by Crippen LogP contribution is -2.48. The first-order valence-electron chi connectivity index (χ1n) is 7.89. The number of carbonyl (C=O) groups is 1. The van der Waals surface area contributed by atoms with Gasteiger partial charge in [0.15, 0.2) is 0 Å². The molecule has 0 radical (unpaired) electrons. The summed E-state index contributed by atoms with van der Waals surface area (Å²) in [6, 6.07) is 4.43. The average Bonchev–Trinajstić information content (AvgIpc) is 2.98. The van der Waals surface area contributed by atoms with Crippen molar-refractivity contribution in [3.05, 3.63) is 23.2 Å². The Hall–Kier alpha value is -1.31. The second-order valence-corrected chi connectivity index (χ2v) is 8.84. The first-order chi connectivity index (χ1) is 11.3. The van der Waals surface area contributed by atoms with Crippen molar-refractivity contribution in [1.29, 1.82) is 0 Å². The first-order valence-corrected chi connectivity index (χ1v) is 9.71. The summed E-state index contributed by atoms with van der Waals surface area (Å²) >= 11 is 6.06. The number of hydrogen-bond donors (Lipinski definition) is 0. The first kappa shape index (κ1) is 17.5. The van der Waals surface area contributed by atoms with Crippen LogP contribution in [0.4, 0.5) is 0 Å². The number of halogens is 1. The van der Waals surface area contributed by atoms with Gasteiger partial charge in [0.2, 0.25) is 15.9 Å². The van der Waals surface area contributed by atoms with E-state index in [4.69, 9.17) is 16.3 Å². The number of carbonyl (C=O) groups excluding carboxylic acids is 1. The topological polar surface area (TPSA) is 66.9 Å². The molecule has 3 rings (SSSR count). The molecular formula is C16H21ClN2O4S. The molecule has 1 aromatic rings. The molecule has 2 aliphatic rings. The van der Waals surface area contributed by atoms with Gasteiger partial charge in [-0.15, -0.1) is 0 Å². The van der Waals surface area contributed by atoms with E-state index in [1.165, 1.54) is 23.5 Å². The zero-order valence-corrected chi connectivity index (χ0v) is 15.4. The summed E-state index contributed by atoms with van der Waals surface area (Å²) in [6.45, 7) is 1.33. The molecule has 6 nitrogen and oxygen atoms in total. The number of benzene rings is 1. The monoisotopic (exact) mass is 372 g/mol. The number of sulfonamides is 1. The van der Waals surface area contributed by atoms with Crippen molar-refractivity contribution in [3.63, 3.8) is 0 Å². The fourth-order valence-corrected chi connectivity index (χ4v) is 5.52. The normalized spacial score (nSPS) is 25.5. The lowest BCUT2D eigenvalue weighted by Gasteiger charge is -2.37. The fraction of sp³-hybridized carbons (Fsp3) is 0.562. The molecule has 0 unspecified atom stereocenters. The van der Waals surface area contributed by atoms with Crippen molar-refractivity contribution in [2.75, 3.05) is 33.8 Å². The van der Waals surface area contributed by atoms with Crippen LogP contribution in [0.3, 0.4) is 0 Å². The van der Waals surface area contributed by atoms with Crippen molar-refractivity contribution in [1.82, 2.24) is 9.21 Å². The van der Waals surface area contributed by atoms with Gasteiger partial charge in [-0.3, -0.25) is 4.79 Å². The summed E-state index contributed by atoms with van der Waals surface area (Å²) in [5.74, 6) is 0.483. The van der Waals surface area contributed by atoms with E-state index in [2.05, 4.69) is 0 Å². The standard InChI is InChI=1S/C16H21ClN2O4S/c1-18-8-3-6-16(15(18)20)7-9-19(11-16)24(21,22)12-4-5-14(23-2)13(17)10-12/h4-5,10H,3,6-9,11H2,1-2H3/t16-/m1/s1. The van der Waals surface area contributed by atoms with E-state index in [1.807, 2.05) is 0 Å². The van der Waals surface area contributed by atoms with Gasteiger partial charge in [-0.2, -0.15) is 4.31 Å².